The minimum Gasteiger partial charge on any atom is -0.458 e. The van der Waals surface area contributed by atoms with Crippen molar-refractivity contribution in [3.8, 4) is 0 Å². The van der Waals surface area contributed by atoms with Gasteiger partial charge in [-0.25, -0.2) is 9.18 Å². The van der Waals surface area contributed by atoms with Crippen molar-refractivity contribution in [1.29, 1.82) is 0 Å². The van der Waals surface area contributed by atoms with Crippen molar-refractivity contribution in [2.24, 2.45) is 23.7 Å². The van der Waals surface area contributed by atoms with E-state index in [9.17, 15) is 18.8 Å². The first-order chi connectivity index (χ1) is 13.6. The average molecular weight is 402 g/mol. The van der Waals surface area contributed by atoms with Gasteiger partial charge >= 0.3 is 17.9 Å². The van der Waals surface area contributed by atoms with Crippen LogP contribution in [0.2, 0.25) is 0 Å². The Kier molecular flexibility index (Phi) is 4.52. The number of fused-ring (bicyclic) bond motifs is 1. The van der Waals surface area contributed by atoms with Gasteiger partial charge in [-0.1, -0.05) is 18.7 Å². The second-order valence-electron chi connectivity index (χ2n) is 8.61. The molecule has 6 atom stereocenters. The number of halogens is 1. The molecule has 0 radical (unpaired) electrons. The van der Waals surface area contributed by atoms with Crippen molar-refractivity contribution < 1.29 is 33.0 Å². The van der Waals surface area contributed by atoms with Gasteiger partial charge in [0, 0.05) is 17.4 Å². The van der Waals surface area contributed by atoms with E-state index >= 15 is 0 Å². The van der Waals surface area contributed by atoms with Gasteiger partial charge in [0.1, 0.15) is 23.6 Å². The number of carbonyl (C=O) groups is 3. The summed E-state index contributed by atoms with van der Waals surface area (Å²) in [5.74, 6) is -3.92. The highest BCUT2D eigenvalue weighted by Gasteiger charge is 2.70. The maximum atomic E-state index is 13.6. The molecule has 1 saturated heterocycles. The Labute approximate surface area is 168 Å². The van der Waals surface area contributed by atoms with Gasteiger partial charge in [0.05, 0.1) is 11.8 Å². The lowest BCUT2D eigenvalue weighted by atomic mass is 9.78. The number of ether oxygens (including phenoxy) is 3. The van der Waals surface area contributed by atoms with Crippen LogP contribution in [0.25, 0.3) is 0 Å². The predicted molar refractivity (Wildman–Crippen MR) is 98.7 cm³/mol. The zero-order chi connectivity index (χ0) is 21.1. The fourth-order valence-corrected chi connectivity index (χ4v) is 4.93. The zero-order valence-corrected chi connectivity index (χ0v) is 16.5. The second-order valence-corrected chi connectivity index (χ2v) is 8.61. The van der Waals surface area contributed by atoms with Crippen LogP contribution in [0.15, 0.2) is 36.4 Å². The highest BCUT2D eigenvalue weighted by molar-refractivity contribution is 5.88. The van der Waals surface area contributed by atoms with Crippen LogP contribution in [0.4, 0.5) is 4.39 Å². The van der Waals surface area contributed by atoms with E-state index in [2.05, 4.69) is 6.58 Å². The molecule has 29 heavy (non-hydrogen) atoms. The van der Waals surface area contributed by atoms with E-state index < -0.39 is 53.4 Å². The van der Waals surface area contributed by atoms with Gasteiger partial charge in [0.25, 0.3) is 0 Å². The summed E-state index contributed by atoms with van der Waals surface area (Å²) in [6.45, 7) is 8.44. The van der Waals surface area contributed by atoms with Crippen LogP contribution >= 0.6 is 0 Å². The summed E-state index contributed by atoms with van der Waals surface area (Å²) in [7, 11) is 0. The topological polar surface area (TPSA) is 78.9 Å². The van der Waals surface area contributed by atoms with Crippen molar-refractivity contribution in [2.45, 2.75) is 45.0 Å². The predicted octanol–water partition coefficient (Wildman–Crippen LogP) is 2.90. The molecule has 2 bridgehead atoms. The van der Waals surface area contributed by atoms with Gasteiger partial charge < -0.3 is 14.2 Å². The van der Waals surface area contributed by atoms with Crippen LogP contribution < -0.4 is 0 Å². The minimum atomic E-state index is -1.09. The number of carbonyl (C=O) groups excluding carboxylic acids is 3. The van der Waals surface area contributed by atoms with Gasteiger partial charge in [0.2, 0.25) is 0 Å². The molecular weight excluding hydrogens is 379 g/mol. The summed E-state index contributed by atoms with van der Waals surface area (Å²) in [4.78, 5) is 37.6. The third-order valence-electron chi connectivity index (χ3n) is 6.29. The van der Waals surface area contributed by atoms with E-state index in [0.717, 1.165) is 0 Å². The molecule has 2 aliphatic carbocycles. The average Bonchev–Trinajstić information content (AvgIpc) is 3.24. The van der Waals surface area contributed by atoms with Crippen molar-refractivity contribution in [3.63, 3.8) is 0 Å². The van der Waals surface area contributed by atoms with Gasteiger partial charge in [-0.15, -0.1) is 0 Å². The minimum absolute atomic E-state index is 0.176. The quantitative estimate of drug-likeness (QED) is 0.428. The molecule has 6 nitrogen and oxygen atoms in total. The van der Waals surface area contributed by atoms with Gasteiger partial charge in [0.15, 0.2) is 0 Å². The zero-order valence-electron chi connectivity index (χ0n) is 16.5. The molecule has 154 valence electrons. The summed E-state index contributed by atoms with van der Waals surface area (Å²) in [5, 5.41) is 0. The molecular formula is C22H23FO6. The maximum Gasteiger partial charge on any atom is 0.333 e. The standard InChI is InChI=1S/C22H23FO6/c1-10(2)19(24)27-17-14-9-13-15(20(25)28-18(13)17)16(14)21(26)29-22(3,4)11-6-5-7-12(23)8-11/h5-8,13-18H,1,9H2,2-4H3. The van der Waals surface area contributed by atoms with E-state index in [-0.39, 0.29) is 17.4 Å². The van der Waals surface area contributed by atoms with Gasteiger partial charge in [-0.3, -0.25) is 9.59 Å². The molecule has 1 aliphatic heterocycles. The van der Waals surface area contributed by atoms with Crippen molar-refractivity contribution >= 4 is 17.9 Å². The largest absolute Gasteiger partial charge is 0.458 e. The van der Waals surface area contributed by atoms with Crippen LogP contribution in [-0.4, -0.2) is 30.1 Å². The van der Waals surface area contributed by atoms with Crippen LogP contribution in [0.5, 0.6) is 0 Å². The van der Waals surface area contributed by atoms with Gasteiger partial charge in [-0.05, 0) is 44.9 Å². The number of hydrogen-bond donors (Lipinski definition) is 0. The lowest BCUT2D eigenvalue weighted by Crippen LogP contribution is -2.45. The number of benzene rings is 1. The third-order valence-corrected chi connectivity index (χ3v) is 6.29. The normalized spacial score (nSPS) is 32.1. The Bertz CT molecular complexity index is 906. The molecule has 7 heteroatoms. The summed E-state index contributed by atoms with van der Waals surface area (Å²) in [5.41, 5.74) is -0.349. The molecule has 3 fully saturated rings. The molecule has 1 aromatic rings. The molecule has 1 heterocycles. The van der Waals surface area contributed by atoms with Crippen molar-refractivity contribution in [3.05, 3.63) is 47.8 Å². The lowest BCUT2D eigenvalue weighted by molar-refractivity contribution is -0.172. The van der Waals surface area contributed by atoms with E-state index in [0.29, 0.717) is 12.0 Å². The number of hydrogen-bond acceptors (Lipinski definition) is 6. The number of esters is 3. The van der Waals surface area contributed by atoms with Gasteiger partial charge in [-0.2, -0.15) is 0 Å². The van der Waals surface area contributed by atoms with E-state index in [1.54, 1.807) is 26.0 Å². The lowest BCUT2D eigenvalue weighted by Gasteiger charge is -2.33. The highest BCUT2D eigenvalue weighted by atomic mass is 19.1. The summed E-state index contributed by atoms with van der Waals surface area (Å²) in [6.07, 6.45) is -0.669. The molecule has 0 spiro atoms. The van der Waals surface area contributed by atoms with E-state index in [1.165, 1.54) is 19.1 Å². The molecule has 0 aromatic heterocycles. The van der Waals surface area contributed by atoms with Crippen molar-refractivity contribution in [1.82, 2.24) is 0 Å². The molecule has 2 saturated carbocycles. The first-order valence-electron chi connectivity index (χ1n) is 9.66. The Hall–Kier alpha value is -2.70. The summed E-state index contributed by atoms with van der Waals surface area (Å²) < 4.78 is 30.3. The van der Waals surface area contributed by atoms with Crippen LogP contribution in [0.1, 0.15) is 32.8 Å². The monoisotopic (exact) mass is 402 g/mol. The third kappa shape index (κ3) is 3.12. The SMILES string of the molecule is C=C(C)C(=O)OC1C2CC3C1OC(=O)C3C2C(=O)OC(C)(C)c1cccc(F)c1. The molecule has 6 unspecified atom stereocenters. The van der Waals surface area contributed by atoms with Crippen LogP contribution in [0, 0.1) is 29.5 Å². The van der Waals surface area contributed by atoms with Crippen molar-refractivity contribution in [2.75, 3.05) is 0 Å². The fourth-order valence-electron chi connectivity index (χ4n) is 4.93. The molecule has 3 aliphatic rings. The molecule has 0 N–H and O–H groups in total. The smallest absolute Gasteiger partial charge is 0.333 e. The van der Waals surface area contributed by atoms with E-state index in [1.807, 2.05) is 0 Å². The molecule has 0 amide bonds. The van der Waals surface area contributed by atoms with Crippen LogP contribution in [-0.2, 0) is 34.2 Å². The Balaban J connectivity index is 1.57. The summed E-state index contributed by atoms with van der Waals surface area (Å²) in [6, 6.07) is 5.84. The number of rotatable bonds is 5. The Morgan fingerprint density at radius 2 is 2.00 bits per heavy atom. The molecule has 1 aromatic carbocycles. The Morgan fingerprint density at radius 3 is 2.66 bits per heavy atom. The highest BCUT2D eigenvalue weighted by Crippen LogP contribution is 2.59. The van der Waals surface area contributed by atoms with Crippen LogP contribution in [0.3, 0.4) is 0 Å². The van der Waals surface area contributed by atoms with E-state index in [4.69, 9.17) is 14.2 Å². The Morgan fingerprint density at radius 1 is 1.28 bits per heavy atom. The second kappa shape index (κ2) is 6.68. The molecule has 4 rings (SSSR count). The first kappa shape index (κ1) is 19.6. The maximum absolute atomic E-state index is 13.6. The summed E-state index contributed by atoms with van der Waals surface area (Å²) >= 11 is 0. The first-order valence-corrected chi connectivity index (χ1v) is 9.66. The fraction of sp³-hybridized carbons (Fsp3) is 0.500.